The fourth-order valence-corrected chi connectivity index (χ4v) is 3.22. The van der Waals surface area contributed by atoms with Crippen molar-refractivity contribution in [3.63, 3.8) is 0 Å². The Labute approximate surface area is 119 Å². The van der Waals surface area contributed by atoms with Gasteiger partial charge in [0.15, 0.2) is 0 Å². The molecule has 0 saturated carbocycles. The first-order valence-corrected chi connectivity index (χ1v) is 7.68. The van der Waals surface area contributed by atoms with Gasteiger partial charge < -0.3 is 4.57 Å². The zero-order valence-corrected chi connectivity index (χ0v) is 13.3. The number of aromatic nitrogens is 2. The Morgan fingerprint density at radius 1 is 1.35 bits per heavy atom. The molecule has 1 unspecified atom stereocenters. The van der Waals surface area contributed by atoms with Crippen molar-refractivity contribution in [1.29, 1.82) is 0 Å². The maximum Gasteiger partial charge on any atom is 0.123 e. The number of aryl methyl sites for hydroxylation is 1. The Bertz CT molecular complexity index is 519. The topological polar surface area (TPSA) is 17.8 Å². The van der Waals surface area contributed by atoms with Crippen molar-refractivity contribution in [2.24, 2.45) is 0 Å². The second-order valence-corrected chi connectivity index (χ2v) is 6.12. The molecule has 0 bridgehead atoms. The molecule has 1 aromatic heterocycles. The third-order valence-electron chi connectivity index (χ3n) is 2.88. The van der Waals surface area contributed by atoms with Gasteiger partial charge in [-0.1, -0.05) is 45.2 Å². The van der Waals surface area contributed by atoms with E-state index in [4.69, 9.17) is 4.98 Å². The third-order valence-corrected chi connectivity index (χ3v) is 4.24. The zero-order chi connectivity index (χ0) is 12.4. The van der Waals surface area contributed by atoms with Crippen LogP contribution in [0, 0.1) is 0 Å². The van der Waals surface area contributed by atoms with E-state index in [2.05, 4.69) is 62.4 Å². The van der Waals surface area contributed by atoms with Gasteiger partial charge in [0.1, 0.15) is 5.82 Å². The number of benzene rings is 1. The molecular weight excluding hydrogens is 344 g/mol. The van der Waals surface area contributed by atoms with Gasteiger partial charge in [0.05, 0.1) is 15.9 Å². The van der Waals surface area contributed by atoms with Crippen LogP contribution in [0.3, 0.4) is 0 Å². The van der Waals surface area contributed by atoms with Crippen molar-refractivity contribution in [3.8, 4) is 0 Å². The molecule has 1 atom stereocenters. The monoisotopic (exact) mass is 358 g/mol. The van der Waals surface area contributed by atoms with Crippen molar-refractivity contribution in [2.75, 3.05) is 0 Å². The van der Waals surface area contributed by atoms with Crippen molar-refractivity contribution >= 4 is 42.9 Å². The SMILES string of the molecule is CCCC(Br)c1nc2ccc(Br)cc2n1CC. The quantitative estimate of drug-likeness (QED) is 0.698. The number of hydrogen-bond donors (Lipinski definition) is 0. The minimum Gasteiger partial charge on any atom is -0.327 e. The van der Waals surface area contributed by atoms with E-state index in [1.807, 2.05) is 6.07 Å². The molecule has 0 aliphatic carbocycles. The summed E-state index contributed by atoms with van der Waals surface area (Å²) in [5.41, 5.74) is 2.28. The third kappa shape index (κ3) is 2.58. The Morgan fingerprint density at radius 2 is 2.12 bits per heavy atom. The predicted molar refractivity (Wildman–Crippen MR) is 79.7 cm³/mol. The Morgan fingerprint density at radius 3 is 2.76 bits per heavy atom. The molecular formula is C13H16Br2N2. The first-order valence-electron chi connectivity index (χ1n) is 5.97. The minimum absolute atomic E-state index is 0.346. The first-order chi connectivity index (χ1) is 8.17. The van der Waals surface area contributed by atoms with Crippen LogP contribution < -0.4 is 0 Å². The number of nitrogens with zero attached hydrogens (tertiary/aromatic N) is 2. The molecule has 17 heavy (non-hydrogen) atoms. The summed E-state index contributed by atoms with van der Waals surface area (Å²) >= 11 is 7.26. The highest BCUT2D eigenvalue weighted by molar-refractivity contribution is 9.10. The Balaban J connectivity index is 2.55. The largest absolute Gasteiger partial charge is 0.327 e. The zero-order valence-electron chi connectivity index (χ0n) is 10.1. The molecule has 0 saturated heterocycles. The van der Waals surface area contributed by atoms with E-state index < -0.39 is 0 Å². The summed E-state index contributed by atoms with van der Waals surface area (Å²) in [4.78, 5) is 5.08. The van der Waals surface area contributed by atoms with Gasteiger partial charge in [-0.2, -0.15) is 0 Å². The summed E-state index contributed by atoms with van der Waals surface area (Å²) in [6.07, 6.45) is 2.27. The highest BCUT2D eigenvalue weighted by atomic mass is 79.9. The minimum atomic E-state index is 0.346. The van der Waals surface area contributed by atoms with Gasteiger partial charge in [0.25, 0.3) is 0 Å². The molecule has 0 amide bonds. The van der Waals surface area contributed by atoms with Crippen LogP contribution in [0.1, 0.15) is 37.3 Å². The molecule has 0 aliphatic rings. The summed E-state index contributed by atoms with van der Waals surface area (Å²) in [6.45, 7) is 5.31. The molecule has 2 rings (SSSR count). The van der Waals surface area contributed by atoms with Crippen LogP contribution in [-0.2, 0) is 6.54 Å². The van der Waals surface area contributed by atoms with Crippen LogP contribution in [0.4, 0.5) is 0 Å². The van der Waals surface area contributed by atoms with Gasteiger partial charge in [-0.05, 0) is 31.5 Å². The van der Waals surface area contributed by atoms with E-state index in [0.717, 1.165) is 35.2 Å². The molecule has 0 N–H and O–H groups in total. The lowest BCUT2D eigenvalue weighted by atomic mass is 10.2. The lowest BCUT2D eigenvalue weighted by Gasteiger charge is -2.10. The van der Waals surface area contributed by atoms with Crippen LogP contribution in [0.15, 0.2) is 22.7 Å². The van der Waals surface area contributed by atoms with Gasteiger partial charge in [0.2, 0.25) is 0 Å². The highest BCUT2D eigenvalue weighted by Gasteiger charge is 2.16. The molecule has 2 aromatic rings. The van der Waals surface area contributed by atoms with E-state index in [1.165, 1.54) is 5.52 Å². The summed E-state index contributed by atoms with van der Waals surface area (Å²) in [7, 11) is 0. The summed E-state index contributed by atoms with van der Waals surface area (Å²) in [5, 5.41) is 0. The number of fused-ring (bicyclic) bond motifs is 1. The van der Waals surface area contributed by atoms with Gasteiger partial charge in [-0.3, -0.25) is 0 Å². The summed E-state index contributed by atoms with van der Waals surface area (Å²) in [6, 6.07) is 6.25. The predicted octanol–water partition coefficient (Wildman–Crippen LogP) is 5.05. The van der Waals surface area contributed by atoms with Crippen molar-refractivity contribution in [3.05, 3.63) is 28.5 Å². The molecule has 92 valence electrons. The van der Waals surface area contributed by atoms with Gasteiger partial charge in [-0.25, -0.2) is 4.98 Å². The van der Waals surface area contributed by atoms with Crippen LogP contribution >= 0.6 is 31.9 Å². The van der Waals surface area contributed by atoms with Gasteiger partial charge in [0, 0.05) is 11.0 Å². The van der Waals surface area contributed by atoms with E-state index in [0.29, 0.717) is 4.83 Å². The van der Waals surface area contributed by atoms with Crippen LogP contribution in [-0.4, -0.2) is 9.55 Å². The maximum absolute atomic E-state index is 4.74. The number of imidazole rings is 1. The second kappa shape index (κ2) is 5.53. The fourth-order valence-electron chi connectivity index (χ4n) is 2.07. The van der Waals surface area contributed by atoms with Crippen molar-refractivity contribution in [2.45, 2.75) is 38.1 Å². The molecule has 4 heteroatoms. The summed E-state index contributed by atoms with van der Waals surface area (Å²) in [5.74, 6) is 1.14. The second-order valence-electron chi connectivity index (χ2n) is 4.10. The van der Waals surface area contributed by atoms with Gasteiger partial charge >= 0.3 is 0 Å². The molecule has 0 aliphatic heterocycles. The number of halogens is 2. The molecule has 0 spiro atoms. The summed E-state index contributed by atoms with van der Waals surface area (Å²) < 4.78 is 3.39. The highest BCUT2D eigenvalue weighted by Crippen LogP contribution is 2.31. The molecule has 0 fully saturated rings. The van der Waals surface area contributed by atoms with Crippen LogP contribution in [0.2, 0.25) is 0 Å². The Hall–Kier alpha value is -0.350. The molecule has 1 heterocycles. The van der Waals surface area contributed by atoms with E-state index in [9.17, 15) is 0 Å². The molecule has 2 nitrogen and oxygen atoms in total. The van der Waals surface area contributed by atoms with E-state index >= 15 is 0 Å². The van der Waals surface area contributed by atoms with Crippen LogP contribution in [0.5, 0.6) is 0 Å². The normalized spacial score (nSPS) is 13.2. The molecule has 0 radical (unpaired) electrons. The standard InChI is InChI=1S/C13H16Br2N2/c1-3-5-10(15)13-16-11-7-6-9(14)8-12(11)17(13)4-2/h6-8,10H,3-5H2,1-2H3. The van der Waals surface area contributed by atoms with Crippen molar-refractivity contribution in [1.82, 2.24) is 9.55 Å². The first kappa shape index (κ1) is 13.1. The van der Waals surface area contributed by atoms with E-state index in [1.54, 1.807) is 0 Å². The number of hydrogen-bond acceptors (Lipinski definition) is 1. The average Bonchev–Trinajstić information content (AvgIpc) is 2.67. The molecule has 1 aromatic carbocycles. The lowest BCUT2D eigenvalue weighted by molar-refractivity contribution is 0.671. The lowest BCUT2D eigenvalue weighted by Crippen LogP contribution is -2.03. The smallest absolute Gasteiger partial charge is 0.123 e. The van der Waals surface area contributed by atoms with Crippen molar-refractivity contribution < 1.29 is 0 Å². The maximum atomic E-state index is 4.74. The van der Waals surface area contributed by atoms with Crippen LogP contribution in [0.25, 0.3) is 11.0 Å². The van der Waals surface area contributed by atoms with E-state index in [-0.39, 0.29) is 0 Å². The number of rotatable bonds is 4. The Kier molecular flexibility index (Phi) is 4.26. The van der Waals surface area contributed by atoms with Gasteiger partial charge in [-0.15, -0.1) is 0 Å². The fraction of sp³-hybridized carbons (Fsp3) is 0.462. The average molecular weight is 360 g/mol. The number of alkyl halides is 1.